The fourth-order valence-corrected chi connectivity index (χ4v) is 2.40. The highest BCUT2D eigenvalue weighted by Crippen LogP contribution is 2.35. The van der Waals surface area contributed by atoms with Crippen molar-refractivity contribution < 1.29 is 4.74 Å². The molecule has 0 amide bonds. The third-order valence-electron chi connectivity index (χ3n) is 3.92. The Morgan fingerprint density at radius 3 is 2.29 bits per heavy atom. The van der Waals surface area contributed by atoms with Crippen LogP contribution in [0.2, 0.25) is 0 Å². The maximum absolute atomic E-state index is 8.79. The number of nitrogens with one attached hydrogen (secondary N) is 1. The zero-order chi connectivity index (χ0) is 17.6. The van der Waals surface area contributed by atoms with Crippen molar-refractivity contribution in [2.75, 3.05) is 12.5 Å². The summed E-state index contributed by atoms with van der Waals surface area (Å²) in [5, 5.41) is 21.4. The SMILES string of the molecule is COc1ccc(C(C)(C)c2ccccc2)cc1NN=C(C#N)C#N. The molecule has 0 aliphatic heterocycles. The Morgan fingerprint density at radius 1 is 1.04 bits per heavy atom. The van der Waals surface area contributed by atoms with Gasteiger partial charge < -0.3 is 4.74 Å². The van der Waals surface area contributed by atoms with Crippen molar-refractivity contribution in [1.82, 2.24) is 0 Å². The van der Waals surface area contributed by atoms with E-state index in [-0.39, 0.29) is 11.1 Å². The second kappa shape index (κ2) is 7.30. The van der Waals surface area contributed by atoms with Gasteiger partial charge in [-0.15, -0.1) is 0 Å². The fraction of sp³-hybridized carbons (Fsp3) is 0.211. The zero-order valence-electron chi connectivity index (χ0n) is 13.9. The standard InChI is InChI=1S/C19H18N4O/c1-19(2,14-7-5-4-6-8-14)15-9-10-18(24-3)17(11-15)23-22-16(12-20)13-21/h4-11,23H,1-3H3. The smallest absolute Gasteiger partial charge is 0.237 e. The van der Waals surface area contributed by atoms with Gasteiger partial charge in [0, 0.05) is 5.41 Å². The molecule has 2 aromatic carbocycles. The van der Waals surface area contributed by atoms with Gasteiger partial charge in [0.25, 0.3) is 0 Å². The van der Waals surface area contributed by atoms with Crippen LogP contribution in [-0.2, 0) is 5.41 Å². The van der Waals surface area contributed by atoms with Gasteiger partial charge in [-0.2, -0.15) is 15.6 Å². The largest absolute Gasteiger partial charge is 0.495 e. The lowest BCUT2D eigenvalue weighted by Crippen LogP contribution is -2.19. The molecule has 0 aliphatic rings. The predicted octanol–water partition coefficient (Wildman–Crippen LogP) is 3.84. The molecular weight excluding hydrogens is 300 g/mol. The van der Waals surface area contributed by atoms with Crippen LogP contribution < -0.4 is 10.2 Å². The first-order valence-corrected chi connectivity index (χ1v) is 7.41. The Hall–Kier alpha value is -3.31. The van der Waals surface area contributed by atoms with E-state index < -0.39 is 0 Å². The highest BCUT2D eigenvalue weighted by atomic mass is 16.5. The van der Waals surface area contributed by atoms with E-state index in [0.717, 1.165) is 5.56 Å². The van der Waals surface area contributed by atoms with Crippen LogP contribution in [0.25, 0.3) is 0 Å². The van der Waals surface area contributed by atoms with Gasteiger partial charge in [-0.25, -0.2) is 0 Å². The lowest BCUT2D eigenvalue weighted by atomic mass is 9.78. The van der Waals surface area contributed by atoms with Gasteiger partial charge in [-0.1, -0.05) is 50.2 Å². The normalized spacial score (nSPS) is 10.2. The molecule has 0 aromatic heterocycles. The Morgan fingerprint density at radius 2 is 1.71 bits per heavy atom. The summed E-state index contributed by atoms with van der Waals surface area (Å²) in [6, 6.07) is 19.4. The molecule has 0 fully saturated rings. The van der Waals surface area contributed by atoms with E-state index in [1.54, 1.807) is 19.2 Å². The van der Waals surface area contributed by atoms with Crippen LogP contribution >= 0.6 is 0 Å². The predicted molar refractivity (Wildman–Crippen MR) is 93.8 cm³/mol. The molecule has 0 saturated carbocycles. The molecule has 0 atom stereocenters. The molecule has 120 valence electrons. The van der Waals surface area contributed by atoms with Crippen molar-refractivity contribution in [3.8, 4) is 17.9 Å². The third-order valence-corrected chi connectivity index (χ3v) is 3.92. The number of methoxy groups -OCH3 is 1. The highest BCUT2D eigenvalue weighted by molar-refractivity contribution is 6.10. The Labute approximate surface area is 141 Å². The summed E-state index contributed by atoms with van der Waals surface area (Å²) >= 11 is 0. The second-order valence-corrected chi connectivity index (χ2v) is 5.70. The van der Waals surface area contributed by atoms with Crippen molar-refractivity contribution >= 4 is 11.4 Å². The van der Waals surface area contributed by atoms with Crippen molar-refractivity contribution in [1.29, 1.82) is 10.5 Å². The van der Waals surface area contributed by atoms with Crippen molar-refractivity contribution in [3.05, 3.63) is 59.7 Å². The molecule has 0 unspecified atom stereocenters. The first kappa shape index (κ1) is 17.1. The summed E-state index contributed by atoms with van der Waals surface area (Å²) in [4.78, 5) is 0. The first-order chi connectivity index (χ1) is 11.5. The monoisotopic (exact) mass is 318 g/mol. The van der Waals surface area contributed by atoms with Gasteiger partial charge in [0.2, 0.25) is 5.71 Å². The van der Waals surface area contributed by atoms with Gasteiger partial charge in [0.05, 0.1) is 12.8 Å². The minimum Gasteiger partial charge on any atom is -0.495 e. The molecule has 0 spiro atoms. The number of ether oxygens (including phenoxy) is 1. The van der Waals surface area contributed by atoms with Crippen LogP contribution in [-0.4, -0.2) is 12.8 Å². The van der Waals surface area contributed by atoms with Crippen LogP contribution in [0.5, 0.6) is 5.75 Å². The Balaban J connectivity index is 2.44. The Kier molecular flexibility index (Phi) is 5.19. The third kappa shape index (κ3) is 3.53. The van der Waals surface area contributed by atoms with Crippen molar-refractivity contribution in [2.24, 2.45) is 5.10 Å². The molecule has 2 rings (SSSR count). The molecule has 24 heavy (non-hydrogen) atoms. The van der Waals surface area contributed by atoms with Crippen LogP contribution in [0.15, 0.2) is 53.6 Å². The number of anilines is 1. The number of benzene rings is 2. The van der Waals surface area contributed by atoms with Crippen LogP contribution in [0, 0.1) is 22.7 Å². The molecule has 5 heteroatoms. The molecule has 1 N–H and O–H groups in total. The van der Waals surface area contributed by atoms with E-state index in [1.165, 1.54) is 5.56 Å². The van der Waals surface area contributed by atoms with E-state index in [0.29, 0.717) is 11.4 Å². The van der Waals surface area contributed by atoms with E-state index in [9.17, 15) is 0 Å². The second-order valence-electron chi connectivity index (χ2n) is 5.70. The number of nitriles is 2. The molecule has 0 saturated heterocycles. The van der Waals surface area contributed by atoms with Crippen molar-refractivity contribution in [2.45, 2.75) is 19.3 Å². The fourth-order valence-electron chi connectivity index (χ4n) is 2.40. The van der Waals surface area contributed by atoms with Crippen molar-refractivity contribution in [3.63, 3.8) is 0 Å². The summed E-state index contributed by atoms with van der Waals surface area (Å²) in [6.45, 7) is 4.26. The quantitative estimate of drug-likeness (QED) is 0.671. The molecule has 5 nitrogen and oxygen atoms in total. The summed E-state index contributed by atoms with van der Waals surface area (Å²) in [5.41, 5.74) is 5.12. The van der Waals surface area contributed by atoms with Crippen LogP contribution in [0.4, 0.5) is 5.69 Å². The van der Waals surface area contributed by atoms with E-state index >= 15 is 0 Å². The number of nitrogens with zero attached hydrogens (tertiary/aromatic N) is 3. The molecule has 0 radical (unpaired) electrons. The summed E-state index contributed by atoms with van der Waals surface area (Å²) in [5.74, 6) is 0.585. The van der Waals surface area contributed by atoms with Gasteiger partial charge >= 0.3 is 0 Å². The maximum atomic E-state index is 8.79. The zero-order valence-corrected chi connectivity index (χ0v) is 13.9. The average molecular weight is 318 g/mol. The summed E-state index contributed by atoms with van der Waals surface area (Å²) < 4.78 is 5.32. The van der Waals surface area contributed by atoms with Crippen LogP contribution in [0.3, 0.4) is 0 Å². The number of hydrogen-bond acceptors (Lipinski definition) is 5. The Bertz CT molecular complexity index is 811. The highest BCUT2D eigenvalue weighted by Gasteiger charge is 2.24. The number of hydrogen-bond donors (Lipinski definition) is 1. The lowest BCUT2D eigenvalue weighted by molar-refractivity contribution is 0.416. The van der Waals surface area contributed by atoms with Gasteiger partial charge in [0.15, 0.2) is 0 Å². The molecule has 2 aromatic rings. The van der Waals surface area contributed by atoms with E-state index in [4.69, 9.17) is 15.3 Å². The number of rotatable bonds is 5. The summed E-state index contributed by atoms with van der Waals surface area (Å²) in [7, 11) is 1.56. The maximum Gasteiger partial charge on any atom is 0.237 e. The van der Waals surface area contributed by atoms with Gasteiger partial charge in [-0.3, -0.25) is 5.43 Å². The molecule has 0 heterocycles. The van der Waals surface area contributed by atoms with Gasteiger partial charge in [0.1, 0.15) is 17.9 Å². The van der Waals surface area contributed by atoms with E-state index in [1.807, 2.05) is 36.4 Å². The molecule has 0 bridgehead atoms. The average Bonchev–Trinajstić information content (AvgIpc) is 2.63. The molecule has 0 aliphatic carbocycles. The number of hydrazone groups is 1. The van der Waals surface area contributed by atoms with Gasteiger partial charge in [-0.05, 0) is 23.3 Å². The molecular formula is C19H18N4O. The van der Waals surface area contributed by atoms with E-state index in [2.05, 4.69) is 36.5 Å². The van der Waals surface area contributed by atoms with Crippen LogP contribution in [0.1, 0.15) is 25.0 Å². The summed E-state index contributed by atoms with van der Waals surface area (Å²) in [6.07, 6.45) is 0. The lowest BCUT2D eigenvalue weighted by Gasteiger charge is -2.27. The minimum atomic E-state index is -0.246. The first-order valence-electron chi connectivity index (χ1n) is 7.41. The minimum absolute atomic E-state index is 0.221. The topological polar surface area (TPSA) is 81.2 Å².